The van der Waals surface area contributed by atoms with Crippen molar-refractivity contribution in [3.63, 3.8) is 0 Å². The molecule has 0 saturated heterocycles. The second-order valence-electron chi connectivity index (χ2n) is 6.14. The van der Waals surface area contributed by atoms with E-state index in [0.717, 1.165) is 12.1 Å². The zero-order valence-electron chi connectivity index (χ0n) is 15.5. The molecule has 2 heterocycles. The van der Waals surface area contributed by atoms with Crippen LogP contribution in [0.25, 0.3) is 16.8 Å². The van der Waals surface area contributed by atoms with Gasteiger partial charge in [0, 0.05) is 18.7 Å². The van der Waals surface area contributed by atoms with Gasteiger partial charge in [-0.05, 0) is 30.7 Å². The second-order valence-corrected chi connectivity index (χ2v) is 6.14. The molecule has 0 radical (unpaired) electrons. The van der Waals surface area contributed by atoms with Gasteiger partial charge in [0.05, 0.1) is 24.2 Å². The number of pyridine rings is 1. The zero-order valence-corrected chi connectivity index (χ0v) is 15.5. The van der Waals surface area contributed by atoms with E-state index in [-0.39, 0.29) is 17.7 Å². The van der Waals surface area contributed by atoms with Gasteiger partial charge in [0.15, 0.2) is 0 Å². The predicted molar refractivity (Wildman–Crippen MR) is 98.5 cm³/mol. The van der Waals surface area contributed by atoms with E-state index in [1.807, 2.05) is 0 Å². The molecule has 3 aromatic rings. The molecular weight excluding hydrogens is 387 g/mol. The lowest BCUT2D eigenvalue weighted by Crippen LogP contribution is -2.44. The molecule has 0 saturated carbocycles. The highest BCUT2D eigenvalue weighted by Gasteiger charge is 2.31. The molecule has 0 unspecified atom stereocenters. The fourth-order valence-corrected chi connectivity index (χ4v) is 2.96. The van der Waals surface area contributed by atoms with E-state index < -0.39 is 23.2 Å². The third-order valence-corrected chi connectivity index (χ3v) is 4.25. The molecule has 3 rings (SSSR count). The smallest absolute Gasteiger partial charge is 0.416 e. The Bertz CT molecular complexity index is 1110. The summed E-state index contributed by atoms with van der Waals surface area (Å²) in [6, 6.07) is 9.08. The molecule has 0 atom stereocenters. The number of oxime groups is 1. The molecule has 0 N–H and O–H groups in total. The van der Waals surface area contributed by atoms with Crippen LogP contribution in [-0.2, 0) is 17.6 Å². The lowest BCUT2D eigenvalue weighted by Gasteiger charge is -2.17. The van der Waals surface area contributed by atoms with Gasteiger partial charge < -0.3 is 9.94 Å². The molecule has 6 nitrogen and oxygen atoms in total. The minimum Gasteiger partial charge on any atom is -0.842 e. The van der Waals surface area contributed by atoms with Crippen molar-refractivity contribution in [1.29, 1.82) is 0 Å². The predicted octanol–water partition coefficient (Wildman–Crippen LogP) is 2.76. The number of halogens is 3. The molecule has 0 spiro atoms. The Morgan fingerprint density at radius 3 is 2.76 bits per heavy atom. The van der Waals surface area contributed by atoms with E-state index in [4.69, 9.17) is 4.84 Å². The number of nitrogens with zero attached hydrogens (tertiary/aromatic N) is 3. The summed E-state index contributed by atoms with van der Waals surface area (Å²) in [4.78, 5) is 17.8. The Morgan fingerprint density at radius 1 is 1.24 bits per heavy atom. The van der Waals surface area contributed by atoms with E-state index in [1.54, 1.807) is 25.1 Å². The summed E-state index contributed by atoms with van der Waals surface area (Å²) in [6.45, 7) is 2.36. The fourth-order valence-electron chi connectivity index (χ4n) is 2.96. The number of benzene rings is 1. The molecular formula is C20H18F3N3O3. The number of fused-ring (bicyclic) bond motifs is 1. The number of aryl methyl sites for hydroxylation is 1. The summed E-state index contributed by atoms with van der Waals surface area (Å²) in [7, 11) is 0. The summed E-state index contributed by atoms with van der Waals surface area (Å²) >= 11 is 0. The average molecular weight is 405 g/mol. The monoisotopic (exact) mass is 405 g/mol. The summed E-state index contributed by atoms with van der Waals surface area (Å²) in [5.74, 6) is -0.662. The van der Waals surface area contributed by atoms with Crippen molar-refractivity contribution in [2.24, 2.45) is 5.16 Å². The molecule has 0 aliphatic rings. The Hall–Kier alpha value is -3.36. The van der Waals surface area contributed by atoms with Crippen molar-refractivity contribution in [2.45, 2.75) is 26.1 Å². The van der Waals surface area contributed by atoms with Crippen LogP contribution in [0.4, 0.5) is 13.2 Å². The summed E-state index contributed by atoms with van der Waals surface area (Å²) in [5, 5.41) is 16.8. The van der Waals surface area contributed by atoms with Crippen LogP contribution >= 0.6 is 0 Å². The van der Waals surface area contributed by atoms with Crippen molar-refractivity contribution in [3.05, 3.63) is 64.6 Å². The van der Waals surface area contributed by atoms with Crippen LogP contribution in [0.2, 0.25) is 0 Å². The largest absolute Gasteiger partial charge is 0.842 e. The van der Waals surface area contributed by atoms with Crippen molar-refractivity contribution in [1.82, 2.24) is 4.40 Å². The molecule has 1 aromatic carbocycles. The van der Waals surface area contributed by atoms with Crippen molar-refractivity contribution < 1.29 is 27.7 Å². The second kappa shape index (κ2) is 8.34. The minimum absolute atomic E-state index is 0.0789. The molecule has 0 bridgehead atoms. The van der Waals surface area contributed by atoms with Crippen LogP contribution in [0, 0.1) is 0 Å². The van der Waals surface area contributed by atoms with E-state index in [9.17, 15) is 23.1 Å². The number of rotatable bonds is 6. The molecule has 0 aliphatic heterocycles. The van der Waals surface area contributed by atoms with Crippen LogP contribution in [-0.4, -0.2) is 17.2 Å². The molecule has 9 heteroatoms. The molecule has 0 aliphatic carbocycles. The fraction of sp³-hybridized carbons (Fsp3) is 0.250. The summed E-state index contributed by atoms with van der Waals surface area (Å²) in [5.41, 5.74) is -1.67. The minimum atomic E-state index is -4.59. The first kappa shape index (κ1) is 20.4. The molecule has 0 fully saturated rings. The highest BCUT2D eigenvalue weighted by Crippen LogP contribution is 2.32. The third kappa shape index (κ3) is 4.23. The van der Waals surface area contributed by atoms with Gasteiger partial charge in [-0.15, -0.1) is 0 Å². The number of hydrogen-bond donors (Lipinski definition) is 0. The standard InChI is InChI=1S/C20H18F3N3O3/c1-2-29-24-10-6-12-26-16-9-3-4-11-25(16)18(27)17(19(26)28)14-7-5-8-15(13-14)20(21,22)23/h3-5,7-11,13H,2,6,12H2,1H3. The quantitative estimate of drug-likeness (QED) is 0.360. The maximum atomic E-state index is 13.1. The molecule has 29 heavy (non-hydrogen) atoms. The van der Waals surface area contributed by atoms with E-state index in [1.165, 1.54) is 33.5 Å². The molecule has 2 aromatic heterocycles. The Balaban J connectivity index is 2.17. The average Bonchev–Trinajstić information content (AvgIpc) is 2.70. The highest BCUT2D eigenvalue weighted by molar-refractivity contribution is 5.67. The Labute approximate surface area is 164 Å². The van der Waals surface area contributed by atoms with Gasteiger partial charge in [-0.3, -0.25) is 0 Å². The number of aromatic nitrogens is 2. The van der Waals surface area contributed by atoms with Crippen molar-refractivity contribution in [3.8, 4) is 17.0 Å². The molecule has 152 valence electrons. The van der Waals surface area contributed by atoms with Crippen molar-refractivity contribution >= 4 is 11.9 Å². The lowest BCUT2D eigenvalue weighted by atomic mass is 10.0. The SMILES string of the molecule is CCON=CCC[n+]1c([O-])c(-c2cccc(C(F)(F)F)c2)c(=O)n2ccccc21. The van der Waals surface area contributed by atoms with E-state index in [2.05, 4.69) is 5.16 Å². The first-order chi connectivity index (χ1) is 13.8. The van der Waals surface area contributed by atoms with Crippen LogP contribution in [0.15, 0.2) is 58.6 Å². The Morgan fingerprint density at radius 2 is 2.03 bits per heavy atom. The molecule has 0 amide bonds. The van der Waals surface area contributed by atoms with Crippen LogP contribution in [0.1, 0.15) is 18.9 Å². The van der Waals surface area contributed by atoms with Gasteiger partial charge in [0.2, 0.25) is 0 Å². The lowest BCUT2D eigenvalue weighted by molar-refractivity contribution is -0.714. The van der Waals surface area contributed by atoms with Gasteiger partial charge in [-0.25, -0.2) is 9.36 Å². The topological polar surface area (TPSA) is 70.0 Å². The number of hydrogen-bond acceptors (Lipinski definition) is 4. The maximum Gasteiger partial charge on any atom is 0.416 e. The third-order valence-electron chi connectivity index (χ3n) is 4.25. The van der Waals surface area contributed by atoms with Gasteiger partial charge in [0.1, 0.15) is 12.2 Å². The van der Waals surface area contributed by atoms with Crippen LogP contribution in [0.5, 0.6) is 5.88 Å². The highest BCUT2D eigenvalue weighted by atomic mass is 19.4. The number of alkyl halides is 3. The van der Waals surface area contributed by atoms with Gasteiger partial charge >= 0.3 is 11.7 Å². The van der Waals surface area contributed by atoms with E-state index in [0.29, 0.717) is 18.7 Å². The summed E-state index contributed by atoms with van der Waals surface area (Å²) < 4.78 is 41.9. The van der Waals surface area contributed by atoms with Gasteiger partial charge in [0.25, 0.3) is 5.65 Å². The maximum absolute atomic E-state index is 13.1. The summed E-state index contributed by atoms with van der Waals surface area (Å²) in [6.07, 6.45) is -1.29. The zero-order chi connectivity index (χ0) is 21.0. The van der Waals surface area contributed by atoms with E-state index >= 15 is 0 Å². The Kier molecular flexibility index (Phi) is 5.86. The van der Waals surface area contributed by atoms with Gasteiger partial charge in [-0.2, -0.15) is 17.6 Å². The first-order valence-electron chi connectivity index (χ1n) is 8.90. The normalized spacial score (nSPS) is 12.0. The van der Waals surface area contributed by atoms with Crippen LogP contribution < -0.4 is 15.2 Å². The van der Waals surface area contributed by atoms with Crippen LogP contribution in [0.3, 0.4) is 0 Å². The first-order valence-corrected chi connectivity index (χ1v) is 8.90. The van der Waals surface area contributed by atoms with Gasteiger partial charge in [-0.1, -0.05) is 23.4 Å². The van der Waals surface area contributed by atoms with Crippen molar-refractivity contribution in [2.75, 3.05) is 6.61 Å².